The Morgan fingerprint density at radius 2 is 0.485 bits per heavy atom. The number of fused-ring (bicyclic) bond motifs is 2. The van der Waals surface area contributed by atoms with Crippen LogP contribution < -0.4 is 9.80 Å². The van der Waals surface area contributed by atoms with Crippen molar-refractivity contribution < 1.29 is 0 Å². The van der Waals surface area contributed by atoms with Crippen LogP contribution >= 0.6 is 0 Å². The van der Waals surface area contributed by atoms with Crippen molar-refractivity contribution in [1.29, 1.82) is 0 Å². The Morgan fingerprint density at radius 1 is 0.221 bits per heavy atom. The molecule has 8 heteroatoms. The molecular formula is C60H42N8. The van der Waals surface area contributed by atoms with Gasteiger partial charge in [-0.05, 0) is 167 Å². The summed E-state index contributed by atoms with van der Waals surface area (Å²) in [4.78, 5) is 7.98. The van der Waals surface area contributed by atoms with Crippen molar-refractivity contribution in [2.24, 2.45) is 0 Å². The van der Waals surface area contributed by atoms with Crippen LogP contribution in [0, 0.1) is 0 Å². The van der Waals surface area contributed by atoms with Gasteiger partial charge in [-0.15, -0.1) is 20.4 Å². The van der Waals surface area contributed by atoms with E-state index in [1.54, 1.807) is 9.59 Å². The van der Waals surface area contributed by atoms with Gasteiger partial charge in [-0.3, -0.25) is 0 Å². The van der Waals surface area contributed by atoms with E-state index in [9.17, 15) is 0 Å². The molecule has 8 nitrogen and oxygen atoms in total. The van der Waals surface area contributed by atoms with Crippen molar-refractivity contribution in [2.45, 2.75) is 0 Å². The van der Waals surface area contributed by atoms with E-state index in [1.165, 1.54) is 0 Å². The summed E-state index contributed by atoms with van der Waals surface area (Å²) < 4.78 is 0. The first-order valence-electron chi connectivity index (χ1n) is 22.6. The largest absolute Gasteiger partial charge is 0.310 e. The van der Waals surface area contributed by atoms with Gasteiger partial charge < -0.3 is 9.80 Å². The number of benzene rings is 10. The minimum absolute atomic E-state index is 0.866. The van der Waals surface area contributed by atoms with Crippen molar-refractivity contribution in [1.82, 2.24) is 30.0 Å². The number of nitrogens with zero attached hydrogens (tertiary/aromatic N) is 8. The SMILES string of the molecule is c1ccc(N(c2ccc(-n3nc4ccccc4n3)cc2)c2cccc(-c3cccc(-c4cccc(-c5cccc(N(c6ccccc6)c6ccc(-n7nc8ccccc8n7)cc6)c5)c4)c3)c2)cc1. The molecule has 68 heavy (non-hydrogen) atoms. The predicted molar refractivity (Wildman–Crippen MR) is 277 cm³/mol. The first-order chi connectivity index (χ1) is 33.7. The maximum Gasteiger partial charge on any atom is 0.113 e. The zero-order chi connectivity index (χ0) is 45.2. The quantitative estimate of drug-likeness (QED) is 0.129. The Kier molecular flexibility index (Phi) is 10.3. The van der Waals surface area contributed by atoms with Gasteiger partial charge in [0, 0.05) is 34.1 Å². The zero-order valence-corrected chi connectivity index (χ0v) is 36.8. The van der Waals surface area contributed by atoms with Crippen LogP contribution in [0.15, 0.2) is 255 Å². The van der Waals surface area contributed by atoms with E-state index in [0.717, 1.165) is 101 Å². The summed E-state index contributed by atoms with van der Waals surface area (Å²) in [5.74, 6) is 0. The van der Waals surface area contributed by atoms with Crippen LogP contribution in [0.3, 0.4) is 0 Å². The van der Waals surface area contributed by atoms with Crippen molar-refractivity contribution in [2.75, 3.05) is 9.80 Å². The van der Waals surface area contributed by atoms with E-state index < -0.39 is 0 Å². The molecule has 322 valence electrons. The molecule has 0 radical (unpaired) electrons. The number of hydrogen-bond donors (Lipinski definition) is 0. The van der Waals surface area contributed by atoms with E-state index in [-0.39, 0.29) is 0 Å². The number of para-hydroxylation sites is 2. The fraction of sp³-hybridized carbons (Fsp3) is 0. The summed E-state index contributed by atoms with van der Waals surface area (Å²) in [6.45, 7) is 0. The van der Waals surface area contributed by atoms with Crippen molar-refractivity contribution in [3.05, 3.63) is 255 Å². The maximum atomic E-state index is 4.70. The summed E-state index contributed by atoms with van der Waals surface area (Å²) in [7, 11) is 0. The highest BCUT2D eigenvalue weighted by atomic mass is 15.5. The molecule has 2 aromatic heterocycles. The van der Waals surface area contributed by atoms with Crippen LogP contribution in [0.5, 0.6) is 0 Å². The molecule has 0 bridgehead atoms. The van der Waals surface area contributed by atoms with E-state index >= 15 is 0 Å². The lowest BCUT2D eigenvalue weighted by Crippen LogP contribution is -2.10. The standard InChI is InChI=1S/C60H42N8/c1-3-21-49(22-4-1)65(51-31-35-53(36-32-51)67-61-57-27-7-8-28-58(57)62-67)55-25-13-19-47(41-55)45-17-11-15-43(39-45)44-16-12-18-46(40-44)48-20-14-26-56(42-48)66(50-23-5-2-6-24-50)52-33-37-54(38-34-52)68-63-59-29-9-10-30-60(59)64-68/h1-42H. The Morgan fingerprint density at radius 3 is 0.824 bits per heavy atom. The molecule has 2 heterocycles. The van der Waals surface area contributed by atoms with Gasteiger partial charge in [0.2, 0.25) is 0 Å². The molecule has 12 rings (SSSR count). The van der Waals surface area contributed by atoms with Gasteiger partial charge in [-0.2, -0.15) is 9.59 Å². The number of hydrogen-bond acceptors (Lipinski definition) is 6. The lowest BCUT2D eigenvalue weighted by atomic mass is 9.95. The third-order valence-electron chi connectivity index (χ3n) is 12.2. The lowest BCUT2D eigenvalue weighted by Gasteiger charge is -2.26. The second-order valence-corrected chi connectivity index (χ2v) is 16.6. The number of anilines is 6. The van der Waals surface area contributed by atoms with E-state index in [4.69, 9.17) is 20.4 Å². The van der Waals surface area contributed by atoms with E-state index in [2.05, 4.69) is 216 Å². The first kappa shape index (κ1) is 40.1. The molecule has 0 spiro atoms. The normalized spacial score (nSPS) is 11.2. The molecule has 10 aromatic carbocycles. The van der Waals surface area contributed by atoms with Crippen LogP contribution in [-0.2, 0) is 0 Å². The second-order valence-electron chi connectivity index (χ2n) is 16.6. The molecule has 12 aromatic rings. The van der Waals surface area contributed by atoms with Crippen LogP contribution in [-0.4, -0.2) is 30.0 Å². The molecule has 0 fully saturated rings. The van der Waals surface area contributed by atoms with Crippen LogP contribution in [0.25, 0.3) is 66.8 Å². The van der Waals surface area contributed by atoms with Crippen molar-refractivity contribution >= 4 is 56.2 Å². The van der Waals surface area contributed by atoms with E-state index in [1.807, 2.05) is 48.5 Å². The highest BCUT2D eigenvalue weighted by Crippen LogP contribution is 2.40. The van der Waals surface area contributed by atoms with Crippen LogP contribution in [0.1, 0.15) is 0 Å². The van der Waals surface area contributed by atoms with Gasteiger partial charge in [-0.1, -0.05) is 121 Å². The number of aromatic nitrogens is 6. The molecule has 0 aliphatic rings. The van der Waals surface area contributed by atoms with Gasteiger partial charge in [0.1, 0.15) is 22.1 Å². The van der Waals surface area contributed by atoms with Crippen LogP contribution in [0.2, 0.25) is 0 Å². The van der Waals surface area contributed by atoms with E-state index in [0.29, 0.717) is 0 Å². The lowest BCUT2D eigenvalue weighted by molar-refractivity contribution is 0.765. The monoisotopic (exact) mass is 874 g/mol. The summed E-state index contributed by atoms with van der Waals surface area (Å²) in [6, 6.07) is 88.8. The third-order valence-corrected chi connectivity index (χ3v) is 12.2. The highest BCUT2D eigenvalue weighted by molar-refractivity contribution is 5.84. The van der Waals surface area contributed by atoms with Gasteiger partial charge in [0.25, 0.3) is 0 Å². The minimum Gasteiger partial charge on any atom is -0.310 e. The fourth-order valence-electron chi connectivity index (χ4n) is 8.87. The summed E-state index contributed by atoms with van der Waals surface area (Å²) >= 11 is 0. The molecule has 0 amide bonds. The Labute approximate surface area is 393 Å². The van der Waals surface area contributed by atoms with Gasteiger partial charge in [0.15, 0.2) is 0 Å². The van der Waals surface area contributed by atoms with Crippen LogP contribution in [0.4, 0.5) is 34.1 Å². The average molecular weight is 875 g/mol. The number of rotatable bonds is 11. The molecule has 0 aliphatic carbocycles. The summed E-state index contributed by atoms with van der Waals surface area (Å²) in [6.07, 6.45) is 0. The first-order valence-corrected chi connectivity index (χ1v) is 22.6. The average Bonchev–Trinajstić information content (AvgIpc) is 4.06. The Balaban J connectivity index is 0.837. The molecule has 0 saturated heterocycles. The predicted octanol–water partition coefficient (Wildman–Crippen LogP) is 15.1. The maximum absolute atomic E-state index is 4.70. The van der Waals surface area contributed by atoms with Gasteiger partial charge in [0.05, 0.1) is 11.4 Å². The van der Waals surface area contributed by atoms with Crippen molar-refractivity contribution in [3.63, 3.8) is 0 Å². The molecule has 0 saturated carbocycles. The second kappa shape index (κ2) is 17.5. The van der Waals surface area contributed by atoms with Gasteiger partial charge in [-0.25, -0.2) is 0 Å². The fourth-order valence-corrected chi connectivity index (χ4v) is 8.87. The summed E-state index contributed by atoms with van der Waals surface area (Å²) in [5, 5.41) is 18.8. The summed E-state index contributed by atoms with van der Waals surface area (Å²) in [5.41, 5.74) is 18.4. The molecule has 0 unspecified atom stereocenters. The molecular weight excluding hydrogens is 833 g/mol. The molecule has 0 aliphatic heterocycles. The molecule has 0 atom stereocenters. The zero-order valence-electron chi connectivity index (χ0n) is 36.8. The highest BCUT2D eigenvalue weighted by Gasteiger charge is 2.17. The van der Waals surface area contributed by atoms with Crippen molar-refractivity contribution in [3.8, 4) is 44.8 Å². The Hall–Kier alpha value is -9.40. The molecule has 0 N–H and O–H groups in total. The van der Waals surface area contributed by atoms with Gasteiger partial charge >= 0.3 is 0 Å². The minimum atomic E-state index is 0.866. The Bertz CT molecular complexity index is 3380. The topological polar surface area (TPSA) is 67.9 Å². The smallest absolute Gasteiger partial charge is 0.113 e. The third kappa shape index (κ3) is 7.92.